The van der Waals surface area contributed by atoms with Crippen LogP contribution in [0.2, 0.25) is 0 Å². The molecular formula is C28H35N7O2S. The van der Waals surface area contributed by atoms with Gasteiger partial charge in [-0.25, -0.2) is 14.5 Å². The second-order valence-corrected chi connectivity index (χ2v) is 10.5. The van der Waals surface area contributed by atoms with E-state index in [4.69, 9.17) is 14.7 Å². The minimum absolute atomic E-state index is 0.110. The number of thiophene rings is 1. The van der Waals surface area contributed by atoms with Crippen molar-refractivity contribution in [2.45, 2.75) is 39.3 Å². The summed E-state index contributed by atoms with van der Waals surface area (Å²) in [7, 11) is 1.71. The third kappa shape index (κ3) is 5.29. The lowest BCUT2D eigenvalue weighted by Crippen LogP contribution is -2.50. The summed E-state index contributed by atoms with van der Waals surface area (Å²) < 4.78 is 7.17. The van der Waals surface area contributed by atoms with Crippen molar-refractivity contribution in [1.82, 2.24) is 29.8 Å². The zero-order valence-corrected chi connectivity index (χ0v) is 23.2. The molecule has 0 aromatic carbocycles. The number of aromatic nitrogens is 4. The van der Waals surface area contributed by atoms with Crippen molar-refractivity contribution in [1.29, 1.82) is 0 Å². The van der Waals surface area contributed by atoms with Crippen LogP contribution >= 0.6 is 11.3 Å². The summed E-state index contributed by atoms with van der Waals surface area (Å²) in [4.78, 5) is 28.9. The number of likely N-dealkylation sites (N-methyl/N-ethyl adjacent to an activating group) is 1. The highest BCUT2D eigenvalue weighted by molar-refractivity contribution is 7.13. The highest BCUT2D eigenvalue weighted by Crippen LogP contribution is 2.31. The highest BCUT2D eigenvalue weighted by atomic mass is 32.1. The molecule has 1 aliphatic heterocycles. The number of anilines is 1. The van der Waals surface area contributed by atoms with E-state index < -0.39 is 0 Å². The summed E-state index contributed by atoms with van der Waals surface area (Å²) in [5.74, 6) is 0.660. The van der Waals surface area contributed by atoms with E-state index in [0.29, 0.717) is 30.1 Å². The molecular weight excluding hydrogens is 498 g/mol. The number of amides is 1. The third-order valence-electron chi connectivity index (χ3n) is 7.28. The SMILES string of the molecule is CCN(CC)C(C)CNC(=O)c1cc(-c2cnn3ccc(-c4cccs4)nc23)nc(N2CC[C@@H]2COC)c1. The molecule has 5 heterocycles. The fourth-order valence-corrected chi connectivity index (χ4v) is 5.67. The number of methoxy groups -OCH3 is 1. The number of carbonyl (C=O) groups is 1. The van der Waals surface area contributed by atoms with E-state index in [2.05, 4.69) is 47.1 Å². The Balaban J connectivity index is 1.51. The number of nitrogens with one attached hydrogen (secondary N) is 1. The highest BCUT2D eigenvalue weighted by Gasteiger charge is 2.30. The van der Waals surface area contributed by atoms with Crippen molar-refractivity contribution in [3.8, 4) is 21.8 Å². The van der Waals surface area contributed by atoms with Gasteiger partial charge in [-0.3, -0.25) is 9.69 Å². The molecule has 200 valence electrons. The van der Waals surface area contributed by atoms with Crippen molar-refractivity contribution in [2.75, 3.05) is 44.8 Å². The molecule has 0 saturated carbocycles. The van der Waals surface area contributed by atoms with Gasteiger partial charge in [0.25, 0.3) is 5.91 Å². The Morgan fingerprint density at radius 1 is 1.24 bits per heavy atom. The Kier molecular flexibility index (Phi) is 8.01. The second-order valence-electron chi connectivity index (χ2n) is 9.59. The molecule has 0 aliphatic carbocycles. The van der Waals surface area contributed by atoms with E-state index in [1.807, 2.05) is 35.8 Å². The number of fused-ring (bicyclic) bond motifs is 1. The van der Waals surface area contributed by atoms with Crippen molar-refractivity contribution < 1.29 is 9.53 Å². The first kappa shape index (κ1) is 26.3. The van der Waals surface area contributed by atoms with Crippen molar-refractivity contribution in [3.05, 3.63) is 53.7 Å². The maximum Gasteiger partial charge on any atom is 0.251 e. The van der Waals surface area contributed by atoms with Crippen molar-refractivity contribution >= 4 is 28.7 Å². The van der Waals surface area contributed by atoms with Crippen LogP contribution in [-0.2, 0) is 4.74 Å². The molecule has 1 amide bonds. The molecule has 1 N–H and O–H groups in total. The average Bonchev–Trinajstić information content (AvgIpc) is 3.60. The molecule has 2 atom stereocenters. The summed E-state index contributed by atoms with van der Waals surface area (Å²) in [5.41, 5.74) is 3.64. The molecule has 9 nitrogen and oxygen atoms in total. The quantitative estimate of drug-likeness (QED) is 0.309. The summed E-state index contributed by atoms with van der Waals surface area (Å²) in [6, 6.07) is 10.3. The fraction of sp³-hybridized carbons (Fsp3) is 0.429. The van der Waals surface area contributed by atoms with Crippen LogP contribution in [0.4, 0.5) is 5.82 Å². The molecule has 4 aromatic rings. The number of ether oxygens (including phenoxy) is 1. The van der Waals surface area contributed by atoms with Crippen molar-refractivity contribution in [3.63, 3.8) is 0 Å². The van der Waals surface area contributed by atoms with E-state index >= 15 is 0 Å². The molecule has 0 radical (unpaired) electrons. The minimum atomic E-state index is -0.110. The number of hydrogen-bond donors (Lipinski definition) is 1. The summed E-state index contributed by atoms with van der Waals surface area (Å²) >= 11 is 1.65. The Morgan fingerprint density at radius 3 is 2.76 bits per heavy atom. The van der Waals surface area contributed by atoms with E-state index in [9.17, 15) is 4.79 Å². The fourth-order valence-electron chi connectivity index (χ4n) is 4.97. The maximum atomic E-state index is 13.4. The number of hydrogen-bond acceptors (Lipinski definition) is 8. The van der Waals surface area contributed by atoms with Crippen LogP contribution in [0.25, 0.3) is 27.5 Å². The first-order valence-corrected chi connectivity index (χ1v) is 14.1. The lowest BCUT2D eigenvalue weighted by molar-refractivity contribution is 0.0938. The van der Waals surface area contributed by atoms with Gasteiger partial charge in [-0.2, -0.15) is 5.10 Å². The predicted octanol–water partition coefficient (Wildman–Crippen LogP) is 4.21. The summed E-state index contributed by atoms with van der Waals surface area (Å²) in [5, 5.41) is 9.70. The van der Waals surface area contributed by atoms with Crippen LogP contribution in [0.5, 0.6) is 0 Å². The molecule has 4 aromatic heterocycles. The van der Waals surface area contributed by atoms with Gasteiger partial charge in [-0.05, 0) is 56.1 Å². The van der Waals surface area contributed by atoms with Crippen LogP contribution in [0.15, 0.2) is 48.1 Å². The lowest BCUT2D eigenvalue weighted by Gasteiger charge is -2.41. The lowest BCUT2D eigenvalue weighted by atomic mass is 10.0. The largest absolute Gasteiger partial charge is 0.383 e. The van der Waals surface area contributed by atoms with Crippen molar-refractivity contribution in [2.24, 2.45) is 0 Å². The maximum absolute atomic E-state index is 13.4. The monoisotopic (exact) mass is 533 g/mol. The van der Waals surface area contributed by atoms with Gasteiger partial charge in [0.05, 0.1) is 40.7 Å². The standard InChI is InChI=1S/C28H35N7O2S/c1-5-33(6-2)19(3)16-29-28(36)20-14-24(31-26(15-20)34-11-9-21(34)18-37-4)22-17-30-35-12-10-23(32-27(22)35)25-8-7-13-38-25/h7-8,10,12-15,17,19,21H,5-6,9,11,16,18H2,1-4H3,(H,29,36)/t19?,21-/m1/s1. The molecule has 1 unspecified atom stereocenters. The smallest absolute Gasteiger partial charge is 0.251 e. The molecule has 5 rings (SSSR count). The van der Waals surface area contributed by atoms with E-state index in [1.165, 1.54) is 0 Å². The molecule has 0 spiro atoms. The first-order valence-electron chi connectivity index (χ1n) is 13.2. The van der Waals surface area contributed by atoms with Gasteiger partial charge in [0.1, 0.15) is 5.82 Å². The Morgan fingerprint density at radius 2 is 2.08 bits per heavy atom. The van der Waals surface area contributed by atoms with Crippen LogP contribution in [0.1, 0.15) is 37.6 Å². The zero-order chi connectivity index (χ0) is 26.6. The van der Waals surface area contributed by atoms with Crippen LogP contribution in [-0.4, -0.2) is 82.4 Å². The molecule has 38 heavy (non-hydrogen) atoms. The molecule has 10 heteroatoms. The topological polar surface area (TPSA) is 87.9 Å². The number of pyridine rings is 1. The average molecular weight is 534 g/mol. The number of rotatable bonds is 11. The van der Waals surface area contributed by atoms with E-state index in [-0.39, 0.29) is 18.0 Å². The van der Waals surface area contributed by atoms with Gasteiger partial charge in [0, 0.05) is 38.0 Å². The number of carbonyl (C=O) groups excluding carboxylic acids is 1. The minimum Gasteiger partial charge on any atom is -0.383 e. The summed E-state index contributed by atoms with van der Waals surface area (Å²) in [6.45, 7) is 10.4. The van der Waals surface area contributed by atoms with Gasteiger partial charge in [0.2, 0.25) is 0 Å². The summed E-state index contributed by atoms with van der Waals surface area (Å²) in [6.07, 6.45) is 4.72. The Labute approximate surface area is 227 Å². The predicted molar refractivity (Wildman–Crippen MR) is 152 cm³/mol. The van der Waals surface area contributed by atoms with Gasteiger partial charge in [-0.1, -0.05) is 19.9 Å². The Hall–Kier alpha value is -3.34. The van der Waals surface area contributed by atoms with E-state index in [0.717, 1.165) is 48.0 Å². The van der Waals surface area contributed by atoms with Crippen LogP contribution < -0.4 is 10.2 Å². The molecule has 1 saturated heterocycles. The molecule has 0 bridgehead atoms. The van der Waals surface area contributed by atoms with Gasteiger partial charge in [0.15, 0.2) is 5.65 Å². The Bertz CT molecular complexity index is 1380. The zero-order valence-electron chi connectivity index (χ0n) is 22.4. The third-order valence-corrected chi connectivity index (χ3v) is 8.18. The van der Waals surface area contributed by atoms with Gasteiger partial charge < -0.3 is 15.0 Å². The van der Waals surface area contributed by atoms with Crippen LogP contribution in [0, 0.1) is 0 Å². The van der Waals surface area contributed by atoms with Gasteiger partial charge >= 0.3 is 0 Å². The van der Waals surface area contributed by atoms with Gasteiger partial charge in [-0.15, -0.1) is 11.3 Å². The number of nitrogens with zero attached hydrogens (tertiary/aromatic N) is 6. The van der Waals surface area contributed by atoms with E-state index in [1.54, 1.807) is 29.2 Å². The second kappa shape index (κ2) is 11.6. The molecule has 1 fully saturated rings. The van der Waals surface area contributed by atoms with Crippen LogP contribution in [0.3, 0.4) is 0 Å². The molecule has 1 aliphatic rings. The normalized spacial score (nSPS) is 16.1. The first-order chi connectivity index (χ1) is 18.5.